The van der Waals surface area contributed by atoms with Gasteiger partial charge >= 0.3 is 0 Å². The minimum absolute atomic E-state index is 0. The minimum Gasteiger partial charge on any atom is -0.443 e. The molecule has 0 saturated carbocycles. The second kappa shape index (κ2) is 9.79. The van der Waals surface area contributed by atoms with E-state index in [1.54, 1.807) is 6.20 Å². The van der Waals surface area contributed by atoms with Crippen LogP contribution in [-0.2, 0) is 18.5 Å². The second-order valence-electron chi connectivity index (χ2n) is 6.84. The number of hydrogen-bond donors (Lipinski definition) is 2. The molecule has 2 N–H and O–H groups in total. The summed E-state index contributed by atoms with van der Waals surface area (Å²) in [6.45, 7) is 12.4. The summed E-state index contributed by atoms with van der Waals surface area (Å²) in [4.78, 5) is 8.98. The maximum atomic E-state index is 5.80. The van der Waals surface area contributed by atoms with Gasteiger partial charge in [0.2, 0.25) is 5.89 Å². The van der Waals surface area contributed by atoms with Crippen molar-refractivity contribution >= 4 is 29.9 Å². The predicted molar refractivity (Wildman–Crippen MR) is 113 cm³/mol. The van der Waals surface area contributed by atoms with E-state index in [0.29, 0.717) is 19.0 Å². The number of guanidine groups is 1. The van der Waals surface area contributed by atoms with Gasteiger partial charge in [0.15, 0.2) is 5.96 Å². The second-order valence-corrected chi connectivity index (χ2v) is 6.84. The van der Waals surface area contributed by atoms with Crippen molar-refractivity contribution in [2.75, 3.05) is 6.54 Å². The SMILES string of the molecule is CCNC(=NCc1ccccc1C)NCc1ncc(C(C)(C)C)o1.I. The number of rotatable bonds is 5. The van der Waals surface area contributed by atoms with Crippen LogP contribution in [0.1, 0.15) is 50.5 Å². The summed E-state index contributed by atoms with van der Waals surface area (Å²) in [6, 6.07) is 8.29. The molecule has 1 aromatic heterocycles. The van der Waals surface area contributed by atoms with E-state index in [-0.39, 0.29) is 29.4 Å². The van der Waals surface area contributed by atoms with Crippen molar-refractivity contribution in [1.29, 1.82) is 0 Å². The first-order valence-corrected chi connectivity index (χ1v) is 8.42. The molecule has 2 aromatic rings. The summed E-state index contributed by atoms with van der Waals surface area (Å²) in [5.74, 6) is 2.32. The normalized spacial score (nSPS) is 11.8. The molecular weight excluding hydrogens is 427 g/mol. The van der Waals surface area contributed by atoms with Crippen LogP contribution < -0.4 is 10.6 Å². The van der Waals surface area contributed by atoms with E-state index in [9.17, 15) is 0 Å². The molecule has 6 heteroatoms. The Morgan fingerprint density at radius 3 is 2.52 bits per heavy atom. The van der Waals surface area contributed by atoms with Crippen molar-refractivity contribution < 1.29 is 4.42 Å². The zero-order valence-electron chi connectivity index (χ0n) is 15.7. The third kappa shape index (κ3) is 6.68. The summed E-state index contributed by atoms with van der Waals surface area (Å²) in [5.41, 5.74) is 2.44. The van der Waals surface area contributed by atoms with Crippen molar-refractivity contribution in [1.82, 2.24) is 15.6 Å². The number of benzene rings is 1. The smallest absolute Gasteiger partial charge is 0.213 e. The third-order valence-corrected chi connectivity index (χ3v) is 3.71. The summed E-state index contributed by atoms with van der Waals surface area (Å²) in [6.07, 6.45) is 1.80. The quantitative estimate of drug-likeness (QED) is 0.403. The van der Waals surface area contributed by atoms with Gasteiger partial charge in [-0.25, -0.2) is 9.98 Å². The van der Waals surface area contributed by atoms with Crippen LogP contribution in [0.3, 0.4) is 0 Å². The summed E-state index contributed by atoms with van der Waals surface area (Å²) in [7, 11) is 0. The Hall–Kier alpha value is -1.57. The number of nitrogens with one attached hydrogen (secondary N) is 2. The standard InChI is InChI=1S/C19H28N4O.HI/c1-6-20-18(22-11-15-10-8-7-9-14(15)2)23-13-17-21-12-16(24-17)19(3,4)5;/h7-10,12H,6,11,13H2,1-5H3,(H2,20,22,23);1H. The molecule has 0 spiro atoms. The van der Waals surface area contributed by atoms with E-state index in [4.69, 9.17) is 4.42 Å². The number of aryl methyl sites for hydroxylation is 1. The highest BCUT2D eigenvalue weighted by molar-refractivity contribution is 14.0. The lowest BCUT2D eigenvalue weighted by atomic mass is 9.94. The van der Waals surface area contributed by atoms with Gasteiger partial charge in [-0.3, -0.25) is 0 Å². The van der Waals surface area contributed by atoms with Gasteiger partial charge in [0.25, 0.3) is 0 Å². The molecule has 0 aliphatic heterocycles. The molecule has 2 rings (SSSR count). The number of aromatic nitrogens is 1. The number of aliphatic imine (C=N–C) groups is 1. The van der Waals surface area contributed by atoms with Crippen molar-refractivity contribution in [3.63, 3.8) is 0 Å². The van der Waals surface area contributed by atoms with Crippen LogP contribution >= 0.6 is 24.0 Å². The molecule has 1 aromatic carbocycles. The fraction of sp³-hybridized carbons (Fsp3) is 0.474. The maximum absolute atomic E-state index is 5.80. The van der Waals surface area contributed by atoms with Gasteiger partial charge in [-0.15, -0.1) is 24.0 Å². The molecule has 0 atom stereocenters. The van der Waals surface area contributed by atoms with Crippen molar-refractivity contribution in [3.8, 4) is 0 Å². The van der Waals surface area contributed by atoms with Crippen LogP contribution in [0.15, 0.2) is 39.9 Å². The molecule has 5 nitrogen and oxygen atoms in total. The minimum atomic E-state index is -0.0331. The average Bonchev–Trinajstić information content (AvgIpc) is 3.00. The Balaban J connectivity index is 0.00000312. The lowest BCUT2D eigenvalue weighted by Crippen LogP contribution is -2.36. The van der Waals surface area contributed by atoms with Gasteiger partial charge in [0, 0.05) is 12.0 Å². The number of hydrogen-bond acceptors (Lipinski definition) is 3. The van der Waals surface area contributed by atoms with Gasteiger partial charge in [0.05, 0.1) is 19.3 Å². The molecule has 0 bridgehead atoms. The topological polar surface area (TPSA) is 62.5 Å². The van der Waals surface area contributed by atoms with Crippen LogP contribution in [0.4, 0.5) is 0 Å². The molecule has 0 radical (unpaired) electrons. The van der Waals surface area contributed by atoms with Gasteiger partial charge in [0.1, 0.15) is 5.76 Å². The number of halogens is 1. The highest BCUT2D eigenvalue weighted by Gasteiger charge is 2.19. The number of oxazole rings is 1. The van der Waals surface area contributed by atoms with E-state index < -0.39 is 0 Å². The fourth-order valence-electron chi connectivity index (χ4n) is 2.19. The van der Waals surface area contributed by atoms with E-state index in [2.05, 4.69) is 60.4 Å². The fourth-order valence-corrected chi connectivity index (χ4v) is 2.19. The molecule has 0 aliphatic rings. The van der Waals surface area contributed by atoms with Crippen molar-refractivity contribution in [2.45, 2.75) is 53.1 Å². The molecule has 138 valence electrons. The lowest BCUT2D eigenvalue weighted by Gasteiger charge is -2.13. The zero-order chi connectivity index (χ0) is 17.6. The Morgan fingerprint density at radius 1 is 1.20 bits per heavy atom. The Bertz CT molecular complexity index is 689. The Kier molecular flexibility index (Phi) is 8.41. The van der Waals surface area contributed by atoms with Crippen LogP contribution in [0.5, 0.6) is 0 Å². The average molecular weight is 456 g/mol. The van der Waals surface area contributed by atoms with Crippen molar-refractivity contribution in [3.05, 3.63) is 53.2 Å². The summed E-state index contributed by atoms with van der Waals surface area (Å²) < 4.78 is 5.80. The number of nitrogens with zero attached hydrogens (tertiary/aromatic N) is 2. The predicted octanol–water partition coefficient (Wildman–Crippen LogP) is 4.15. The van der Waals surface area contributed by atoms with Crippen LogP contribution in [0, 0.1) is 6.92 Å². The van der Waals surface area contributed by atoms with Gasteiger partial charge < -0.3 is 15.1 Å². The highest BCUT2D eigenvalue weighted by Crippen LogP contribution is 2.22. The molecular formula is C19H29IN4O. The maximum Gasteiger partial charge on any atom is 0.213 e. The van der Waals surface area contributed by atoms with Crippen molar-refractivity contribution in [2.24, 2.45) is 4.99 Å². The first kappa shape index (κ1) is 21.5. The summed E-state index contributed by atoms with van der Waals surface area (Å²) >= 11 is 0. The Labute approximate surface area is 167 Å². The summed E-state index contributed by atoms with van der Waals surface area (Å²) in [5, 5.41) is 6.52. The van der Waals surface area contributed by atoms with Gasteiger partial charge in [-0.05, 0) is 25.0 Å². The molecule has 0 amide bonds. The third-order valence-electron chi connectivity index (χ3n) is 3.71. The van der Waals surface area contributed by atoms with Crippen LogP contribution in [0.25, 0.3) is 0 Å². The van der Waals surface area contributed by atoms with Crippen LogP contribution in [0.2, 0.25) is 0 Å². The molecule has 1 heterocycles. The molecule has 0 aliphatic carbocycles. The van der Waals surface area contributed by atoms with E-state index >= 15 is 0 Å². The molecule has 25 heavy (non-hydrogen) atoms. The first-order valence-electron chi connectivity index (χ1n) is 8.42. The largest absolute Gasteiger partial charge is 0.443 e. The monoisotopic (exact) mass is 456 g/mol. The van der Waals surface area contributed by atoms with Gasteiger partial charge in [-0.2, -0.15) is 0 Å². The Morgan fingerprint density at radius 2 is 1.92 bits per heavy atom. The van der Waals surface area contributed by atoms with Crippen LogP contribution in [-0.4, -0.2) is 17.5 Å². The molecule has 0 saturated heterocycles. The van der Waals surface area contributed by atoms with E-state index in [1.165, 1.54) is 11.1 Å². The molecule has 0 fully saturated rings. The van der Waals surface area contributed by atoms with E-state index in [1.807, 2.05) is 19.1 Å². The highest BCUT2D eigenvalue weighted by atomic mass is 127. The van der Waals surface area contributed by atoms with Gasteiger partial charge in [-0.1, -0.05) is 45.0 Å². The van der Waals surface area contributed by atoms with E-state index in [0.717, 1.165) is 18.3 Å². The molecule has 0 unspecified atom stereocenters. The first-order chi connectivity index (χ1) is 11.4. The zero-order valence-corrected chi connectivity index (χ0v) is 18.0. The lowest BCUT2D eigenvalue weighted by molar-refractivity contribution is 0.379.